The lowest BCUT2D eigenvalue weighted by Gasteiger charge is -2.18. The second kappa shape index (κ2) is 12.5. The molecule has 1 nitrogen and oxygen atoms in total. The van der Waals surface area contributed by atoms with E-state index in [2.05, 4.69) is 92.2 Å². The molecule has 2 aliphatic rings. The van der Waals surface area contributed by atoms with E-state index in [0.29, 0.717) is 5.78 Å². The molecule has 3 aromatic carbocycles. The topological polar surface area (TPSA) is 17.1 Å². The van der Waals surface area contributed by atoms with Crippen molar-refractivity contribution < 1.29 is 6.22 Å². The third kappa shape index (κ3) is 6.61. The number of carbonyl (C=O) groups excluding carboxylic acids is 1. The van der Waals surface area contributed by atoms with Gasteiger partial charge in [0.2, 0.25) is 0 Å². The molecule has 0 aromatic heterocycles. The second-order valence-electron chi connectivity index (χ2n) is 9.49. The van der Waals surface area contributed by atoms with Crippen molar-refractivity contribution in [2.24, 2.45) is 5.92 Å². The minimum Gasteiger partial charge on any atom is -0.294 e. The van der Waals surface area contributed by atoms with E-state index in [0.717, 1.165) is 37.7 Å². The Labute approximate surface area is 218 Å². The number of aryl methyl sites for hydroxylation is 3. The molecule has 0 heterocycles. The van der Waals surface area contributed by atoms with Crippen LogP contribution in [0.2, 0.25) is 0 Å². The van der Waals surface area contributed by atoms with E-state index < -0.39 is 0 Å². The third-order valence-corrected chi connectivity index (χ3v) is 6.97. The molecule has 0 bridgehead atoms. The molecule has 1 heteroatoms. The summed E-state index contributed by atoms with van der Waals surface area (Å²) in [6.07, 6.45) is 13.0. The van der Waals surface area contributed by atoms with Gasteiger partial charge in [0.15, 0.2) is 5.78 Å². The SMILES string of the molecule is CC.Cc1ccc(C2=C(c3ccc(CCC(CCCc4ccccc4)C(=O)C4=CC=C4)cc3)[CH]2)cc1.[HH]. The lowest BCUT2D eigenvalue weighted by molar-refractivity contribution is -0.119. The maximum Gasteiger partial charge on any atom is 0.165 e. The van der Waals surface area contributed by atoms with E-state index in [1.54, 1.807) is 0 Å². The van der Waals surface area contributed by atoms with Crippen LogP contribution in [0, 0.1) is 19.3 Å². The fraction of sp³-hybridized carbons (Fsp3) is 0.257. The van der Waals surface area contributed by atoms with Gasteiger partial charge < -0.3 is 0 Å². The summed E-state index contributed by atoms with van der Waals surface area (Å²) in [5.74, 6) is 0.403. The predicted molar refractivity (Wildman–Crippen MR) is 156 cm³/mol. The highest BCUT2D eigenvalue weighted by molar-refractivity contribution is 6.17. The van der Waals surface area contributed by atoms with Crippen molar-refractivity contribution in [3.8, 4) is 0 Å². The van der Waals surface area contributed by atoms with Gasteiger partial charge in [-0.2, -0.15) is 0 Å². The standard InChI is InChI=1S/C33H31O.C2H6.H2/c1-24-13-18-27(19-14-24)31-23-32(31)28-20-15-26(16-21-28)17-22-30(33(34)29-11-6-12-29)10-5-9-25-7-3-2-4-8-25;1-2;/h2-4,6-8,11-16,18-21,23,30H,5,9-10,17,22H2,1H3;1-2H3;1H. The van der Waals surface area contributed by atoms with Crippen molar-refractivity contribution in [2.75, 3.05) is 0 Å². The molecule has 0 amide bonds. The highest BCUT2D eigenvalue weighted by Gasteiger charge is 2.25. The molecular formula is C35H39O. The van der Waals surface area contributed by atoms with E-state index in [9.17, 15) is 4.79 Å². The highest BCUT2D eigenvalue weighted by Crippen LogP contribution is 2.45. The molecule has 36 heavy (non-hydrogen) atoms. The number of ketones is 1. The number of allylic oxidation sites excluding steroid dienone is 6. The average Bonchev–Trinajstić information content (AvgIpc) is 3.68. The van der Waals surface area contributed by atoms with Gasteiger partial charge in [-0.15, -0.1) is 0 Å². The largest absolute Gasteiger partial charge is 0.294 e. The molecule has 1 unspecified atom stereocenters. The summed E-state index contributed by atoms with van der Waals surface area (Å²) in [5.41, 5.74) is 10.1. The monoisotopic (exact) mass is 475 g/mol. The molecule has 185 valence electrons. The Kier molecular flexibility index (Phi) is 8.90. The fourth-order valence-electron chi connectivity index (χ4n) is 4.71. The molecule has 0 saturated carbocycles. The molecule has 0 saturated heterocycles. The predicted octanol–water partition coefficient (Wildman–Crippen LogP) is 9.03. The summed E-state index contributed by atoms with van der Waals surface area (Å²) < 4.78 is 0. The van der Waals surface area contributed by atoms with Crippen LogP contribution in [0.4, 0.5) is 0 Å². The Morgan fingerprint density at radius 2 is 1.33 bits per heavy atom. The minimum absolute atomic E-state index is 0. The van der Waals surface area contributed by atoms with Gasteiger partial charge in [0.05, 0.1) is 0 Å². The van der Waals surface area contributed by atoms with E-state index in [-0.39, 0.29) is 7.34 Å². The van der Waals surface area contributed by atoms with Crippen LogP contribution in [-0.2, 0) is 17.6 Å². The minimum atomic E-state index is 0. The zero-order chi connectivity index (χ0) is 25.3. The first-order valence-corrected chi connectivity index (χ1v) is 13.4. The van der Waals surface area contributed by atoms with E-state index >= 15 is 0 Å². The van der Waals surface area contributed by atoms with Crippen LogP contribution in [-0.4, -0.2) is 5.78 Å². The lowest BCUT2D eigenvalue weighted by atomic mass is 9.85. The summed E-state index contributed by atoms with van der Waals surface area (Å²) in [5, 5.41) is 0. The first kappa shape index (κ1) is 25.6. The number of benzene rings is 3. The molecule has 2 aliphatic carbocycles. The van der Waals surface area contributed by atoms with Crippen LogP contribution in [0.3, 0.4) is 0 Å². The van der Waals surface area contributed by atoms with Gasteiger partial charge in [-0.3, -0.25) is 4.79 Å². The molecule has 0 aliphatic heterocycles. The molecule has 0 fully saturated rings. The molecule has 5 rings (SSSR count). The van der Waals surface area contributed by atoms with E-state index in [1.165, 1.54) is 39.0 Å². The number of rotatable bonds is 11. The van der Waals surface area contributed by atoms with Crippen LogP contribution >= 0.6 is 0 Å². The average molecular weight is 476 g/mol. The van der Waals surface area contributed by atoms with Gasteiger partial charge in [-0.25, -0.2) is 0 Å². The zero-order valence-electron chi connectivity index (χ0n) is 21.8. The van der Waals surface area contributed by atoms with E-state index in [4.69, 9.17) is 0 Å². The number of hydrogen-bond acceptors (Lipinski definition) is 1. The van der Waals surface area contributed by atoms with Gasteiger partial charge >= 0.3 is 0 Å². The Morgan fingerprint density at radius 3 is 1.92 bits per heavy atom. The number of Topliss-reactive ketones (excluding diaryl/α,β-unsaturated/α-hetero) is 1. The van der Waals surface area contributed by atoms with Gasteiger partial charge in [0.1, 0.15) is 0 Å². The van der Waals surface area contributed by atoms with Crippen LogP contribution in [0.5, 0.6) is 0 Å². The molecule has 0 N–H and O–H groups in total. The normalized spacial score (nSPS) is 14.4. The third-order valence-electron chi connectivity index (χ3n) is 6.97. The van der Waals surface area contributed by atoms with E-state index in [1.807, 2.05) is 32.1 Å². The van der Waals surface area contributed by atoms with Gasteiger partial charge in [-0.1, -0.05) is 117 Å². The van der Waals surface area contributed by atoms with Crippen LogP contribution < -0.4 is 0 Å². The van der Waals surface area contributed by atoms with Crippen molar-refractivity contribution in [2.45, 2.75) is 52.9 Å². The van der Waals surface area contributed by atoms with Crippen molar-refractivity contribution in [3.05, 3.63) is 137 Å². The second-order valence-corrected chi connectivity index (χ2v) is 9.49. The number of hydrogen-bond donors (Lipinski definition) is 0. The van der Waals surface area contributed by atoms with Gasteiger partial charge in [0, 0.05) is 19.3 Å². The quantitative estimate of drug-likeness (QED) is 0.270. The molecule has 3 aromatic rings. The molecule has 1 atom stereocenters. The first-order valence-electron chi connectivity index (χ1n) is 13.4. The maximum atomic E-state index is 13.0. The Morgan fingerprint density at radius 1 is 0.750 bits per heavy atom. The van der Waals surface area contributed by atoms with Crippen molar-refractivity contribution in [3.63, 3.8) is 0 Å². The summed E-state index contributed by atoms with van der Waals surface area (Å²) in [7, 11) is 0. The summed E-state index contributed by atoms with van der Waals surface area (Å²) in [4.78, 5) is 13.0. The number of carbonyl (C=O) groups is 1. The van der Waals surface area contributed by atoms with Crippen LogP contribution in [0.25, 0.3) is 11.1 Å². The van der Waals surface area contributed by atoms with Crippen molar-refractivity contribution in [1.29, 1.82) is 0 Å². The van der Waals surface area contributed by atoms with Crippen LogP contribution in [0.15, 0.2) is 103 Å². The van der Waals surface area contributed by atoms with Crippen molar-refractivity contribution >= 4 is 16.9 Å². The smallest absolute Gasteiger partial charge is 0.165 e. The highest BCUT2D eigenvalue weighted by atomic mass is 16.1. The Balaban J connectivity index is 0.00000124. The molecule has 0 spiro atoms. The zero-order valence-corrected chi connectivity index (χ0v) is 21.8. The lowest BCUT2D eigenvalue weighted by Crippen LogP contribution is -2.18. The van der Waals surface area contributed by atoms with Gasteiger partial charge in [0.25, 0.3) is 0 Å². The summed E-state index contributed by atoms with van der Waals surface area (Å²) in [6.45, 7) is 6.12. The van der Waals surface area contributed by atoms with Crippen LogP contribution in [0.1, 0.15) is 62.4 Å². The summed E-state index contributed by atoms with van der Waals surface area (Å²) >= 11 is 0. The fourth-order valence-corrected chi connectivity index (χ4v) is 4.71. The Bertz CT molecular complexity index is 1240. The Hall–Kier alpha value is -3.45. The first-order chi connectivity index (χ1) is 17.7. The van der Waals surface area contributed by atoms with Crippen molar-refractivity contribution in [1.82, 2.24) is 0 Å². The molecular weight excluding hydrogens is 436 g/mol. The molecule has 1 radical (unpaired) electrons. The van der Waals surface area contributed by atoms with Gasteiger partial charge in [-0.05, 0) is 72.4 Å². The summed E-state index contributed by atoms with van der Waals surface area (Å²) in [6, 6.07) is 28.2. The maximum absolute atomic E-state index is 13.0.